The van der Waals surface area contributed by atoms with E-state index in [2.05, 4.69) is 17.5 Å². The molecule has 0 saturated carbocycles. The maximum Gasteiger partial charge on any atom is 1.00 e. The number of unbranched alkanes of at least 4 members (excludes halogenated alkanes) is 11. The zero-order valence-corrected chi connectivity index (χ0v) is 32.4. The van der Waals surface area contributed by atoms with Crippen molar-refractivity contribution in [2.45, 2.75) is 109 Å². The van der Waals surface area contributed by atoms with Gasteiger partial charge >= 0.3 is 29.6 Å². The van der Waals surface area contributed by atoms with Crippen LogP contribution >= 0.6 is 0 Å². The van der Waals surface area contributed by atoms with Crippen LogP contribution < -0.4 is 45.5 Å². The van der Waals surface area contributed by atoms with Crippen molar-refractivity contribution in [3.8, 4) is 0 Å². The van der Waals surface area contributed by atoms with Crippen LogP contribution in [0, 0.1) is 5.82 Å². The van der Waals surface area contributed by atoms with E-state index in [0.29, 0.717) is 35.9 Å². The zero-order valence-electron chi connectivity index (χ0n) is 30.4. The first kappa shape index (κ1) is 42.8. The number of aliphatic carboxylic acids is 1. The van der Waals surface area contributed by atoms with Crippen molar-refractivity contribution in [3.63, 3.8) is 0 Å². The van der Waals surface area contributed by atoms with Gasteiger partial charge in [0.25, 0.3) is 11.5 Å². The molecule has 3 aromatic rings. The van der Waals surface area contributed by atoms with Gasteiger partial charge in [0.2, 0.25) is 5.91 Å². The van der Waals surface area contributed by atoms with Crippen molar-refractivity contribution in [2.24, 2.45) is 0 Å². The molecule has 0 bridgehead atoms. The third-order valence-electron chi connectivity index (χ3n) is 8.80. The molecular formula is C39H52FN4NaO5. The summed E-state index contributed by atoms with van der Waals surface area (Å²) >= 11 is 0. The number of hydrogen-bond acceptors (Lipinski definition) is 6. The van der Waals surface area contributed by atoms with Gasteiger partial charge in [-0.3, -0.25) is 23.9 Å². The first-order valence-corrected chi connectivity index (χ1v) is 17.7. The summed E-state index contributed by atoms with van der Waals surface area (Å²) in [6.07, 6.45) is 20.7. The molecule has 2 amide bonds. The van der Waals surface area contributed by atoms with Crippen LogP contribution in [0.5, 0.6) is 0 Å². The molecule has 2 heterocycles. The van der Waals surface area contributed by atoms with Gasteiger partial charge in [-0.25, -0.2) is 4.39 Å². The molecule has 11 heteroatoms. The summed E-state index contributed by atoms with van der Waals surface area (Å²) in [5.41, 5.74) is 2.85. The molecule has 0 atom stereocenters. The van der Waals surface area contributed by atoms with E-state index < -0.39 is 17.4 Å². The number of nitrogens with zero attached hydrogens (tertiary/aromatic N) is 3. The normalized spacial score (nSPS) is 11.1. The zero-order chi connectivity index (χ0) is 35.6. The second-order valence-electron chi connectivity index (χ2n) is 12.9. The summed E-state index contributed by atoms with van der Waals surface area (Å²) in [7, 11) is 4.73. The van der Waals surface area contributed by atoms with Gasteiger partial charge in [0.05, 0.1) is 11.0 Å². The van der Waals surface area contributed by atoms with E-state index in [1.807, 2.05) is 6.07 Å². The fourth-order valence-electron chi connectivity index (χ4n) is 5.96. The van der Waals surface area contributed by atoms with Gasteiger partial charge in [-0.15, -0.1) is 0 Å². The third kappa shape index (κ3) is 14.1. The number of hydrogen-bond donors (Lipinski definition) is 1. The Kier molecular flexibility index (Phi) is 19.9. The van der Waals surface area contributed by atoms with Gasteiger partial charge in [0.15, 0.2) is 0 Å². The largest absolute Gasteiger partial charge is 1.00 e. The number of carbonyl (C=O) groups is 3. The predicted molar refractivity (Wildman–Crippen MR) is 190 cm³/mol. The molecule has 2 aromatic heterocycles. The number of likely N-dealkylation sites (N-methyl/N-ethyl adjacent to an activating group) is 1. The average Bonchev–Trinajstić information content (AvgIpc) is 3.08. The van der Waals surface area contributed by atoms with E-state index in [9.17, 15) is 28.7 Å². The molecule has 0 radical (unpaired) electrons. The van der Waals surface area contributed by atoms with Gasteiger partial charge in [-0.2, -0.15) is 0 Å². The maximum atomic E-state index is 13.9. The molecule has 0 fully saturated rings. The molecule has 9 nitrogen and oxygen atoms in total. The molecular weight excluding hydrogens is 646 g/mol. The number of fused-ring (bicyclic) bond motifs is 1. The molecule has 0 aliphatic rings. The Morgan fingerprint density at radius 1 is 0.880 bits per heavy atom. The van der Waals surface area contributed by atoms with Gasteiger partial charge in [0.1, 0.15) is 17.9 Å². The number of aryl methyl sites for hydroxylation is 1. The molecule has 50 heavy (non-hydrogen) atoms. The molecule has 0 aliphatic heterocycles. The molecule has 3 rings (SSSR count). The first-order valence-electron chi connectivity index (χ1n) is 17.7. The fraction of sp³-hybridized carbons (Fsp3) is 0.513. The molecule has 0 spiro atoms. The predicted octanol–water partition coefficient (Wildman–Crippen LogP) is 2.89. The Bertz CT molecular complexity index is 1620. The number of halogens is 1. The van der Waals surface area contributed by atoms with Crippen molar-refractivity contribution in [1.82, 2.24) is 19.8 Å². The molecule has 266 valence electrons. The average molecular weight is 699 g/mol. The number of carboxylic acid groups (broad SMARTS) is 1. The van der Waals surface area contributed by atoms with E-state index in [4.69, 9.17) is 4.98 Å². The summed E-state index contributed by atoms with van der Waals surface area (Å²) in [4.78, 5) is 56.4. The van der Waals surface area contributed by atoms with Crippen LogP contribution in [0.3, 0.4) is 0 Å². The van der Waals surface area contributed by atoms with Crippen LogP contribution in [-0.2, 0) is 29.0 Å². The van der Waals surface area contributed by atoms with E-state index in [0.717, 1.165) is 88.2 Å². The number of aromatic nitrogens is 2. The number of amides is 2. The van der Waals surface area contributed by atoms with Crippen LogP contribution in [0.4, 0.5) is 4.39 Å². The summed E-state index contributed by atoms with van der Waals surface area (Å²) in [6.45, 7) is -0.224. The summed E-state index contributed by atoms with van der Waals surface area (Å²) < 4.78 is 14.8. The smallest absolute Gasteiger partial charge is 0.550 e. The third-order valence-corrected chi connectivity index (χ3v) is 8.80. The first-order chi connectivity index (χ1) is 23.6. The quantitative estimate of drug-likeness (QED) is 0.0979. The van der Waals surface area contributed by atoms with E-state index >= 15 is 0 Å². The van der Waals surface area contributed by atoms with E-state index in [1.165, 1.54) is 28.6 Å². The molecule has 0 unspecified atom stereocenters. The van der Waals surface area contributed by atoms with Gasteiger partial charge in [-0.05, 0) is 92.7 Å². The maximum absolute atomic E-state index is 13.9. The van der Waals surface area contributed by atoms with Crippen molar-refractivity contribution in [3.05, 3.63) is 87.1 Å². The minimum Gasteiger partial charge on any atom is -0.550 e. The fourth-order valence-corrected chi connectivity index (χ4v) is 5.96. The van der Waals surface area contributed by atoms with Crippen molar-refractivity contribution < 1.29 is 53.4 Å². The Labute approximate surface area is 318 Å². The second-order valence-corrected chi connectivity index (χ2v) is 12.9. The Balaban J connectivity index is 0.00000867. The minimum absolute atomic E-state index is 0. The Hall–Kier alpha value is -3.34. The number of carboxylic acids is 1. The molecule has 0 aliphatic carbocycles. The Morgan fingerprint density at radius 2 is 1.46 bits per heavy atom. The summed E-state index contributed by atoms with van der Waals surface area (Å²) in [5.74, 6) is -2.05. The number of nitrogens with one attached hydrogen (secondary N) is 1. The van der Waals surface area contributed by atoms with Gasteiger partial charge in [-0.1, -0.05) is 69.2 Å². The van der Waals surface area contributed by atoms with Gasteiger partial charge < -0.3 is 20.1 Å². The van der Waals surface area contributed by atoms with Crippen LogP contribution in [0.25, 0.3) is 11.0 Å². The van der Waals surface area contributed by atoms with Crippen LogP contribution in [0.15, 0.2) is 53.5 Å². The van der Waals surface area contributed by atoms with Crippen molar-refractivity contribution >= 4 is 28.8 Å². The topological polar surface area (TPSA) is 124 Å². The van der Waals surface area contributed by atoms with Crippen LogP contribution in [-0.4, -0.2) is 53.4 Å². The number of allylic oxidation sites excluding steroid dienone is 2. The molecule has 1 aromatic carbocycles. The SMILES string of the molecule is CNC(=O)c1c(CCCCCCCC/C=C\CCCCCCCC(=O)[O-])c2ncc(Cc3ccc(F)cc3)cc2n(CC(=O)N(C)C)c1=O.[Na+]. The summed E-state index contributed by atoms with van der Waals surface area (Å²) in [6, 6.07) is 8.07. The molecule has 1 N–H and O–H groups in total. The monoisotopic (exact) mass is 698 g/mol. The van der Waals surface area contributed by atoms with Crippen molar-refractivity contribution in [2.75, 3.05) is 21.1 Å². The number of rotatable bonds is 22. The second kappa shape index (κ2) is 23.2. The summed E-state index contributed by atoms with van der Waals surface area (Å²) in [5, 5.41) is 13.0. The van der Waals surface area contributed by atoms with Crippen LogP contribution in [0.1, 0.15) is 117 Å². The van der Waals surface area contributed by atoms with E-state index in [-0.39, 0.29) is 59.8 Å². The van der Waals surface area contributed by atoms with Gasteiger partial charge in [0, 0.05) is 33.3 Å². The Morgan fingerprint density at radius 3 is 2.04 bits per heavy atom. The number of carbonyl (C=O) groups excluding carboxylic acids is 3. The number of pyridine rings is 2. The van der Waals surface area contributed by atoms with Crippen molar-refractivity contribution in [1.29, 1.82) is 0 Å². The van der Waals surface area contributed by atoms with E-state index in [1.54, 1.807) is 32.4 Å². The number of benzene rings is 1. The molecule has 0 saturated heterocycles. The standard InChI is InChI=1S/C39H53FN4O5.Na/c1-41-38(48)36-32(19-17-15-13-11-9-7-5-4-6-8-10-12-14-16-18-20-35(46)47)37-33(44(39(36)49)28-34(45)43(2)3)26-30(27-42-37)25-29-21-23-31(40)24-22-29;/h4,6,21-24,26-27H,5,7-20,25,28H2,1-3H3,(H,41,48)(H,46,47);/q;+1/p-1/b6-4-;. The minimum atomic E-state index is -0.961. The van der Waals surface area contributed by atoms with Crippen LogP contribution in [0.2, 0.25) is 0 Å².